The van der Waals surface area contributed by atoms with Crippen LogP contribution in [-0.2, 0) is 10.8 Å². The molecule has 0 N–H and O–H groups in total. The third-order valence-electron chi connectivity index (χ3n) is 2.81. The molecule has 1 nitrogen and oxygen atoms in total. The SMILES string of the molecule is O=S1CCCS[C@@H]1[C@@H](c1ccccc1)C(F)(F)F. The summed E-state index contributed by atoms with van der Waals surface area (Å²) in [7, 11) is -1.41. The molecule has 1 unspecified atom stereocenters. The molecule has 1 saturated heterocycles. The minimum atomic E-state index is -4.36. The van der Waals surface area contributed by atoms with Crippen LogP contribution in [0.2, 0.25) is 0 Å². The molecule has 18 heavy (non-hydrogen) atoms. The van der Waals surface area contributed by atoms with Crippen LogP contribution in [-0.4, -0.2) is 26.5 Å². The van der Waals surface area contributed by atoms with Crippen molar-refractivity contribution in [3.63, 3.8) is 0 Å². The molecule has 6 heteroatoms. The molecule has 1 aromatic rings. The fourth-order valence-corrected chi connectivity index (χ4v) is 5.69. The molecular weight excluding hydrogens is 281 g/mol. The van der Waals surface area contributed by atoms with Crippen molar-refractivity contribution in [1.29, 1.82) is 0 Å². The summed E-state index contributed by atoms with van der Waals surface area (Å²) in [6.45, 7) is 0. The highest BCUT2D eigenvalue weighted by Gasteiger charge is 2.48. The summed E-state index contributed by atoms with van der Waals surface area (Å²) in [5, 5.41) is 0. The summed E-state index contributed by atoms with van der Waals surface area (Å²) in [6, 6.07) is 7.78. The van der Waals surface area contributed by atoms with Crippen LogP contribution in [0.25, 0.3) is 0 Å². The largest absolute Gasteiger partial charge is 0.397 e. The fourth-order valence-electron chi connectivity index (χ4n) is 2.00. The van der Waals surface area contributed by atoms with Crippen LogP contribution in [0.4, 0.5) is 13.2 Å². The number of hydrogen-bond acceptors (Lipinski definition) is 2. The maximum atomic E-state index is 13.2. The van der Waals surface area contributed by atoms with Gasteiger partial charge in [-0.1, -0.05) is 30.3 Å². The minimum absolute atomic E-state index is 0.206. The molecule has 1 aliphatic heterocycles. The van der Waals surface area contributed by atoms with Crippen LogP contribution in [0.1, 0.15) is 17.9 Å². The van der Waals surface area contributed by atoms with Crippen molar-refractivity contribution in [3.05, 3.63) is 35.9 Å². The van der Waals surface area contributed by atoms with Gasteiger partial charge in [0.15, 0.2) is 0 Å². The zero-order valence-corrected chi connectivity index (χ0v) is 11.2. The molecule has 0 aromatic heterocycles. The third kappa shape index (κ3) is 3.09. The molecule has 0 radical (unpaired) electrons. The second-order valence-corrected chi connectivity index (χ2v) is 7.33. The average Bonchev–Trinajstić information content (AvgIpc) is 2.32. The van der Waals surface area contributed by atoms with Crippen LogP contribution in [0.5, 0.6) is 0 Å². The Morgan fingerprint density at radius 3 is 2.50 bits per heavy atom. The molecule has 1 heterocycles. The topological polar surface area (TPSA) is 17.1 Å². The van der Waals surface area contributed by atoms with Crippen molar-refractivity contribution in [2.24, 2.45) is 0 Å². The Morgan fingerprint density at radius 1 is 1.28 bits per heavy atom. The monoisotopic (exact) mass is 294 g/mol. The second kappa shape index (κ2) is 5.65. The Balaban J connectivity index is 2.34. The first-order valence-corrected chi connectivity index (χ1v) is 8.03. The van der Waals surface area contributed by atoms with Crippen molar-refractivity contribution in [2.75, 3.05) is 11.5 Å². The number of rotatable bonds is 2. The van der Waals surface area contributed by atoms with E-state index in [1.165, 1.54) is 23.9 Å². The van der Waals surface area contributed by atoms with Gasteiger partial charge in [0.05, 0.1) is 4.58 Å². The van der Waals surface area contributed by atoms with Crippen LogP contribution in [0.15, 0.2) is 30.3 Å². The van der Waals surface area contributed by atoms with Crippen molar-refractivity contribution < 1.29 is 17.4 Å². The smallest absolute Gasteiger partial charge is 0.258 e. The van der Waals surface area contributed by atoms with Gasteiger partial charge >= 0.3 is 6.18 Å². The maximum Gasteiger partial charge on any atom is 0.397 e. The molecule has 0 spiro atoms. The lowest BCUT2D eigenvalue weighted by Gasteiger charge is -2.30. The van der Waals surface area contributed by atoms with E-state index >= 15 is 0 Å². The molecule has 1 aliphatic rings. The predicted octanol–water partition coefficient (Wildman–Crippen LogP) is 3.54. The van der Waals surface area contributed by atoms with Gasteiger partial charge in [-0.3, -0.25) is 4.21 Å². The van der Waals surface area contributed by atoms with E-state index in [1.54, 1.807) is 18.2 Å². The first kappa shape index (κ1) is 13.9. The van der Waals surface area contributed by atoms with E-state index in [0.29, 0.717) is 11.5 Å². The standard InChI is InChI=1S/C12H13F3OS2/c13-12(14,15)10(9-5-2-1-3-6-9)11-17-7-4-8-18(11)16/h1-3,5-6,10-11H,4,7-8H2/t10-,11+,18?/m1/s1. The van der Waals surface area contributed by atoms with E-state index in [9.17, 15) is 17.4 Å². The van der Waals surface area contributed by atoms with Gasteiger partial charge in [0.2, 0.25) is 0 Å². The van der Waals surface area contributed by atoms with Gasteiger partial charge in [0, 0.05) is 16.6 Å². The van der Waals surface area contributed by atoms with Crippen LogP contribution in [0.3, 0.4) is 0 Å². The van der Waals surface area contributed by atoms with E-state index in [-0.39, 0.29) is 5.56 Å². The first-order chi connectivity index (χ1) is 8.50. The Kier molecular flexibility index (Phi) is 4.37. The molecule has 100 valence electrons. The van der Waals surface area contributed by atoms with Crippen molar-refractivity contribution in [1.82, 2.24) is 0 Å². The van der Waals surface area contributed by atoms with Crippen molar-refractivity contribution in [2.45, 2.75) is 23.1 Å². The summed E-state index contributed by atoms with van der Waals surface area (Å²) in [6.07, 6.45) is -3.63. The van der Waals surface area contributed by atoms with E-state index in [2.05, 4.69) is 0 Å². The van der Waals surface area contributed by atoms with Crippen LogP contribution < -0.4 is 0 Å². The molecule has 1 aromatic carbocycles. The number of alkyl halides is 3. The molecular formula is C12H13F3OS2. The number of hydrogen-bond donors (Lipinski definition) is 0. The van der Waals surface area contributed by atoms with Crippen molar-refractivity contribution in [3.8, 4) is 0 Å². The zero-order chi connectivity index (χ0) is 13.2. The second-order valence-electron chi connectivity index (χ2n) is 4.11. The van der Waals surface area contributed by atoms with Gasteiger partial charge in [-0.05, 0) is 17.7 Å². The van der Waals surface area contributed by atoms with Crippen LogP contribution in [0, 0.1) is 0 Å². The average molecular weight is 294 g/mol. The summed E-state index contributed by atoms with van der Waals surface area (Å²) in [5.41, 5.74) is 0.206. The Labute approximate surface area is 111 Å². The zero-order valence-electron chi connectivity index (χ0n) is 9.52. The molecule has 2 rings (SSSR count). The highest BCUT2D eigenvalue weighted by atomic mass is 32.2. The van der Waals surface area contributed by atoms with Gasteiger partial charge in [-0.2, -0.15) is 13.2 Å². The lowest BCUT2D eigenvalue weighted by Crippen LogP contribution is -2.36. The first-order valence-electron chi connectivity index (χ1n) is 5.60. The number of halogens is 3. The molecule has 0 bridgehead atoms. The van der Waals surface area contributed by atoms with Gasteiger partial charge in [0.1, 0.15) is 5.92 Å². The molecule has 1 fully saturated rings. The Bertz CT molecular complexity index is 419. The normalized spacial score (nSPS) is 26.8. The Morgan fingerprint density at radius 2 is 1.94 bits per heavy atom. The highest BCUT2D eigenvalue weighted by molar-refractivity contribution is 8.11. The van der Waals surface area contributed by atoms with E-state index in [4.69, 9.17) is 0 Å². The van der Waals surface area contributed by atoms with E-state index in [1.807, 2.05) is 0 Å². The number of benzene rings is 1. The maximum absolute atomic E-state index is 13.2. The molecule has 3 atom stereocenters. The molecule has 0 saturated carbocycles. The number of thioether (sulfide) groups is 1. The van der Waals surface area contributed by atoms with Crippen LogP contribution >= 0.6 is 11.8 Å². The summed E-state index contributed by atoms with van der Waals surface area (Å²) in [4.78, 5) is 0. The van der Waals surface area contributed by atoms with Crippen molar-refractivity contribution >= 4 is 22.6 Å². The van der Waals surface area contributed by atoms with E-state index in [0.717, 1.165) is 6.42 Å². The fraction of sp³-hybridized carbons (Fsp3) is 0.500. The molecule has 0 amide bonds. The van der Waals surface area contributed by atoms with E-state index < -0.39 is 27.5 Å². The van der Waals surface area contributed by atoms with Gasteiger partial charge < -0.3 is 0 Å². The van der Waals surface area contributed by atoms with Gasteiger partial charge in [0.25, 0.3) is 0 Å². The highest BCUT2D eigenvalue weighted by Crippen LogP contribution is 2.44. The molecule has 0 aliphatic carbocycles. The third-order valence-corrected chi connectivity index (χ3v) is 6.47. The minimum Gasteiger partial charge on any atom is -0.258 e. The van der Waals surface area contributed by atoms with Gasteiger partial charge in [-0.15, -0.1) is 11.8 Å². The lowest BCUT2D eigenvalue weighted by atomic mass is 10.0. The summed E-state index contributed by atoms with van der Waals surface area (Å²) >= 11 is 1.18. The summed E-state index contributed by atoms with van der Waals surface area (Å²) < 4.78 is 50.6. The van der Waals surface area contributed by atoms with Gasteiger partial charge in [-0.25, -0.2) is 0 Å². The lowest BCUT2D eigenvalue weighted by molar-refractivity contribution is -0.146. The predicted molar refractivity (Wildman–Crippen MR) is 69.1 cm³/mol. The summed E-state index contributed by atoms with van der Waals surface area (Å²) in [5.74, 6) is -0.614. The quantitative estimate of drug-likeness (QED) is 0.830. The Hall–Kier alpha value is -0.490.